The van der Waals surface area contributed by atoms with Gasteiger partial charge in [-0.05, 0) is 50.8 Å². The van der Waals surface area contributed by atoms with E-state index in [4.69, 9.17) is 14.7 Å². The topological polar surface area (TPSA) is 117 Å². The van der Waals surface area contributed by atoms with E-state index in [1.165, 1.54) is 0 Å². The summed E-state index contributed by atoms with van der Waals surface area (Å²) >= 11 is 0. The normalized spacial score (nSPS) is 16.5. The summed E-state index contributed by atoms with van der Waals surface area (Å²) in [5.41, 5.74) is 5.15. The predicted octanol–water partition coefficient (Wildman–Crippen LogP) is 3.05. The van der Waals surface area contributed by atoms with E-state index in [-0.39, 0.29) is 6.04 Å². The molecule has 1 aliphatic heterocycles. The maximum atomic E-state index is 11.8. The summed E-state index contributed by atoms with van der Waals surface area (Å²) in [6, 6.07) is 5.79. The molecule has 0 radical (unpaired) electrons. The lowest BCUT2D eigenvalue weighted by Crippen LogP contribution is -2.24. The van der Waals surface area contributed by atoms with Crippen molar-refractivity contribution in [3.8, 4) is 11.3 Å². The van der Waals surface area contributed by atoms with E-state index in [1.807, 2.05) is 26.2 Å². The summed E-state index contributed by atoms with van der Waals surface area (Å²) in [6.07, 6.45) is 4.87. The number of hydrogen-bond acceptors (Lipinski definition) is 7. The SMILES string of the molecule is Cc1nnn(C)c1-c1cnc2c3ccc(NS(C)(=O)=O)nc3n([C@H](C)C3CCOCC3)c2c1. The Hall–Kier alpha value is -3.05. The number of nitrogens with one attached hydrogen (secondary N) is 1. The molecule has 4 aromatic heterocycles. The van der Waals surface area contributed by atoms with Gasteiger partial charge in [-0.2, -0.15) is 0 Å². The maximum Gasteiger partial charge on any atom is 0.230 e. The van der Waals surface area contributed by atoms with Crippen LogP contribution >= 0.6 is 0 Å². The molecule has 0 bridgehead atoms. The van der Waals surface area contributed by atoms with E-state index in [9.17, 15) is 8.42 Å². The number of anilines is 1. The Morgan fingerprint density at radius 2 is 2.00 bits per heavy atom. The average molecular weight is 470 g/mol. The molecular weight excluding hydrogens is 442 g/mol. The Labute approximate surface area is 192 Å². The van der Waals surface area contributed by atoms with Crippen LogP contribution in [-0.4, -0.2) is 57.4 Å². The second-order valence-electron chi connectivity index (χ2n) is 8.74. The molecule has 1 fully saturated rings. The zero-order valence-corrected chi connectivity index (χ0v) is 19.9. The van der Waals surface area contributed by atoms with Crippen molar-refractivity contribution in [2.24, 2.45) is 13.0 Å². The lowest BCUT2D eigenvalue weighted by atomic mass is 9.92. The molecule has 33 heavy (non-hydrogen) atoms. The van der Waals surface area contributed by atoms with Crippen molar-refractivity contribution in [1.82, 2.24) is 29.5 Å². The molecular formula is C22H27N7O3S. The van der Waals surface area contributed by atoms with Crippen LogP contribution in [-0.2, 0) is 21.8 Å². The first-order valence-corrected chi connectivity index (χ1v) is 12.8. The highest BCUT2D eigenvalue weighted by Gasteiger charge is 2.27. The largest absolute Gasteiger partial charge is 0.381 e. The van der Waals surface area contributed by atoms with E-state index >= 15 is 0 Å². The summed E-state index contributed by atoms with van der Waals surface area (Å²) in [4.78, 5) is 9.52. The van der Waals surface area contributed by atoms with Crippen molar-refractivity contribution in [3.05, 3.63) is 30.1 Å². The number of nitrogens with zero attached hydrogens (tertiary/aromatic N) is 6. The van der Waals surface area contributed by atoms with Gasteiger partial charge in [-0.25, -0.2) is 18.1 Å². The van der Waals surface area contributed by atoms with Gasteiger partial charge in [0.25, 0.3) is 0 Å². The third-order valence-electron chi connectivity index (χ3n) is 6.40. The summed E-state index contributed by atoms with van der Waals surface area (Å²) in [7, 11) is -1.58. The summed E-state index contributed by atoms with van der Waals surface area (Å²) < 4.78 is 35.7. The van der Waals surface area contributed by atoms with Crippen LogP contribution < -0.4 is 4.72 Å². The highest BCUT2D eigenvalue weighted by Crippen LogP contribution is 2.37. The molecule has 0 saturated carbocycles. The van der Waals surface area contributed by atoms with Gasteiger partial charge >= 0.3 is 0 Å². The maximum absolute atomic E-state index is 11.8. The number of aryl methyl sites for hydroxylation is 2. The first kappa shape index (κ1) is 21.8. The van der Waals surface area contributed by atoms with Gasteiger partial charge in [0, 0.05) is 43.4 Å². The molecule has 174 valence electrons. The van der Waals surface area contributed by atoms with Crippen LogP contribution in [0.4, 0.5) is 5.82 Å². The number of pyridine rings is 2. The minimum absolute atomic E-state index is 0.123. The quantitative estimate of drug-likeness (QED) is 0.477. The number of rotatable bonds is 5. The van der Waals surface area contributed by atoms with Crippen molar-refractivity contribution in [2.45, 2.75) is 32.7 Å². The molecule has 1 atom stereocenters. The highest BCUT2D eigenvalue weighted by atomic mass is 32.2. The Morgan fingerprint density at radius 3 is 2.67 bits per heavy atom. The van der Waals surface area contributed by atoms with Crippen LogP contribution in [0, 0.1) is 12.8 Å². The van der Waals surface area contributed by atoms with Crippen LogP contribution in [0.1, 0.15) is 31.5 Å². The Kier molecular flexibility index (Phi) is 5.32. The van der Waals surface area contributed by atoms with Crippen LogP contribution in [0.5, 0.6) is 0 Å². The Balaban J connectivity index is 1.75. The standard InChI is InChI=1S/C22H27N7O3S/c1-13-21(28(3)27-25-13)16-11-18-20(23-12-16)17-5-6-19(26-33(4,30)31)24-22(17)29(18)14(2)15-7-9-32-10-8-15/h5-6,11-12,14-15H,7-10H2,1-4H3,(H,24,26)/t14-/m1/s1. The molecule has 5 rings (SSSR count). The first-order valence-electron chi connectivity index (χ1n) is 11.0. The number of sulfonamides is 1. The predicted molar refractivity (Wildman–Crippen MR) is 126 cm³/mol. The molecule has 4 aromatic rings. The first-order chi connectivity index (χ1) is 15.7. The summed E-state index contributed by atoms with van der Waals surface area (Å²) in [5.74, 6) is 0.703. The fraction of sp³-hybridized carbons (Fsp3) is 0.455. The van der Waals surface area contributed by atoms with Gasteiger partial charge in [-0.1, -0.05) is 5.21 Å². The molecule has 0 unspecified atom stereocenters. The number of fused-ring (bicyclic) bond motifs is 3. The van der Waals surface area contributed by atoms with Crippen LogP contribution in [0.15, 0.2) is 24.4 Å². The molecule has 10 nitrogen and oxygen atoms in total. The minimum Gasteiger partial charge on any atom is -0.381 e. The third kappa shape index (κ3) is 3.95. The van der Waals surface area contributed by atoms with Crippen LogP contribution in [0.25, 0.3) is 33.3 Å². The smallest absolute Gasteiger partial charge is 0.230 e. The lowest BCUT2D eigenvalue weighted by Gasteiger charge is -2.29. The summed E-state index contributed by atoms with van der Waals surface area (Å²) in [6.45, 7) is 5.60. The van der Waals surface area contributed by atoms with Crippen molar-refractivity contribution in [1.29, 1.82) is 0 Å². The van der Waals surface area contributed by atoms with Crippen molar-refractivity contribution in [2.75, 3.05) is 24.2 Å². The third-order valence-corrected chi connectivity index (χ3v) is 6.98. The lowest BCUT2D eigenvalue weighted by molar-refractivity contribution is 0.0524. The Morgan fingerprint density at radius 1 is 1.24 bits per heavy atom. The van der Waals surface area contributed by atoms with E-state index in [0.717, 1.165) is 65.7 Å². The van der Waals surface area contributed by atoms with Crippen LogP contribution in [0.2, 0.25) is 0 Å². The minimum atomic E-state index is -3.45. The molecule has 5 heterocycles. The monoisotopic (exact) mass is 469 g/mol. The zero-order valence-electron chi connectivity index (χ0n) is 19.1. The van der Waals surface area contributed by atoms with Crippen molar-refractivity contribution < 1.29 is 13.2 Å². The van der Waals surface area contributed by atoms with Gasteiger partial charge < -0.3 is 9.30 Å². The zero-order chi connectivity index (χ0) is 23.3. The molecule has 0 aliphatic carbocycles. The van der Waals surface area contributed by atoms with E-state index in [0.29, 0.717) is 17.4 Å². The molecule has 1 saturated heterocycles. The van der Waals surface area contributed by atoms with Gasteiger partial charge in [0.05, 0.1) is 28.7 Å². The van der Waals surface area contributed by atoms with Gasteiger partial charge in [-0.15, -0.1) is 5.10 Å². The van der Waals surface area contributed by atoms with Gasteiger partial charge in [-0.3, -0.25) is 9.71 Å². The Bertz CT molecular complexity index is 1430. The second-order valence-corrected chi connectivity index (χ2v) is 10.5. The molecule has 0 amide bonds. The number of ether oxygens (including phenoxy) is 1. The van der Waals surface area contributed by atoms with Crippen LogP contribution in [0.3, 0.4) is 0 Å². The summed E-state index contributed by atoms with van der Waals surface area (Å²) in [5, 5.41) is 9.20. The average Bonchev–Trinajstić information content (AvgIpc) is 3.28. The van der Waals surface area contributed by atoms with Gasteiger partial charge in [0.1, 0.15) is 11.5 Å². The molecule has 0 spiro atoms. The molecule has 0 aromatic carbocycles. The number of aromatic nitrogens is 6. The second kappa shape index (κ2) is 8.07. The fourth-order valence-electron chi connectivity index (χ4n) is 4.83. The van der Waals surface area contributed by atoms with Gasteiger partial charge in [0.15, 0.2) is 0 Å². The van der Waals surface area contributed by atoms with Crippen molar-refractivity contribution in [3.63, 3.8) is 0 Å². The molecule has 11 heteroatoms. The van der Waals surface area contributed by atoms with Crippen molar-refractivity contribution >= 4 is 37.9 Å². The molecule has 1 aliphatic rings. The fourth-order valence-corrected chi connectivity index (χ4v) is 5.32. The van der Waals surface area contributed by atoms with E-state index in [2.05, 4.69) is 32.6 Å². The number of hydrogen-bond donors (Lipinski definition) is 1. The van der Waals surface area contributed by atoms with Gasteiger partial charge in [0.2, 0.25) is 10.0 Å². The molecule has 1 N–H and O–H groups in total. The highest BCUT2D eigenvalue weighted by molar-refractivity contribution is 7.92. The van der Waals surface area contributed by atoms with E-state index < -0.39 is 10.0 Å². The van der Waals surface area contributed by atoms with E-state index in [1.54, 1.807) is 10.7 Å².